The first-order valence-corrected chi connectivity index (χ1v) is 7.64. The molecule has 0 heterocycles. The van der Waals surface area contributed by atoms with Crippen molar-refractivity contribution in [2.75, 3.05) is 6.73 Å². The standard InChI is InChI=1S/C14H19Cl3N2O3/c1-12(2,18-9-20)13(21,14(15,16)17)11(19-22)8-10-6-4-3-5-7-10/h3-7,18,20-22H,8-9H2,1-2H3. The lowest BCUT2D eigenvalue weighted by molar-refractivity contribution is 0.0105. The van der Waals surface area contributed by atoms with Gasteiger partial charge in [0, 0.05) is 6.42 Å². The van der Waals surface area contributed by atoms with E-state index in [0.717, 1.165) is 5.56 Å². The van der Waals surface area contributed by atoms with Crippen molar-refractivity contribution in [1.82, 2.24) is 5.32 Å². The number of hydrogen-bond donors (Lipinski definition) is 4. The lowest BCUT2D eigenvalue weighted by Gasteiger charge is -2.47. The average Bonchev–Trinajstić information content (AvgIpc) is 2.43. The number of benzene rings is 1. The summed E-state index contributed by atoms with van der Waals surface area (Å²) in [4.78, 5) is 0. The number of hydrogen-bond acceptors (Lipinski definition) is 5. The van der Waals surface area contributed by atoms with Gasteiger partial charge in [0.2, 0.25) is 3.79 Å². The molecule has 5 nitrogen and oxygen atoms in total. The van der Waals surface area contributed by atoms with Crippen molar-refractivity contribution in [2.45, 2.75) is 35.2 Å². The Bertz CT molecular complexity index is 518. The molecule has 0 spiro atoms. The summed E-state index contributed by atoms with van der Waals surface area (Å²) in [6.45, 7) is 2.60. The predicted molar refractivity (Wildman–Crippen MR) is 88.9 cm³/mol. The molecular weight excluding hydrogens is 351 g/mol. The predicted octanol–water partition coefficient (Wildman–Crippen LogP) is 2.48. The minimum atomic E-state index is -2.20. The molecule has 0 aromatic heterocycles. The van der Waals surface area contributed by atoms with Crippen LogP contribution in [0, 0.1) is 0 Å². The summed E-state index contributed by atoms with van der Waals surface area (Å²) in [5, 5.41) is 35.4. The monoisotopic (exact) mass is 368 g/mol. The van der Waals surface area contributed by atoms with Gasteiger partial charge in [0.15, 0.2) is 5.60 Å². The second kappa shape index (κ2) is 7.34. The fraction of sp³-hybridized carbons (Fsp3) is 0.500. The molecule has 0 radical (unpaired) electrons. The van der Waals surface area contributed by atoms with Crippen LogP contribution in [0.15, 0.2) is 35.5 Å². The van der Waals surface area contributed by atoms with E-state index in [0.29, 0.717) is 0 Å². The van der Waals surface area contributed by atoms with Crippen LogP contribution >= 0.6 is 34.8 Å². The third kappa shape index (κ3) is 3.85. The Labute approximate surface area is 144 Å². The first kappa shape index (κ1) is 19.5. The van der Waals surface area contributed by atoms with Crippen molar-refractivity contribution in [2.24, 2.45) is 5.16 Å². The fourth-order valence-corrected chi connectivity index (χ4v) is 3.26. The van der Waals surface area contributed by atoms with E-state index >= 15 is 0 Å². The third-order valence-electron chi connectivity index (χ3n) is 3.59. The quantitative estimate of drug-likeness (QED) is 0.204. The van der Waals surface area contributed by atoms with Gasteiger partial charge in [0.25, 0.3) is 0 Å². The van der Waals surface area contributed by atoms with Gasteiger partial charge in [0.05, 0.1) is 18.0 Å². The second-order valence-corrected chi connectivity index (χ2v) is 7.66. The van der Waals surface area contributed by atoms with Crippen LogP contribution < -0.4 is 5.32 Å². The Hall–Kier alpha value is -0.560. The maximum atomic E-state index is 11.1. The normalized spacial score (nSPS) is 16.4. The first-order chi connectivity index (χ1) is 10.1. The van der Waals surface area contributed by atoms with E-state index in [1.165, 1.54) is 13.8 Å². The van der Waals surface area contributed by atoms with E-state index in [1.54, 1.807) is 24.3 Å². The zero-order valence-electron chi connectivity index (χ0n) is 12.2. The molecule has 1 rings (SSSR count). The topological polar surface area (TPSA) is 85.1 Å². The molecule has 124 valence electrons. The molecule has 1 unspecified atom stereocenters. The van der Waals surface area contributed by atoms with Crippen LogP contribution in [-0.4, -0.2) is 42.8 Å². The molecule has 0 aliphatic heterocycles. The van der Waals surface area contributed by atoms with Crippen LogP contribution in [0.25, 0.3) is 0 Å². The summed E-state index contributed by atoms with van der Waals surface area (Å²) in [6.07, 6.45) is 0.0677. The lowest BCUT2D eigenvalue weighted by atomic mass is 9.78. The van der Waals surface area contributed by atoms with Crippen LogP contribution in [0.3, 0.4) is 0 Å². The first-order valence-electron chi connectivity index (χ1n) is 6.50. The Morgan fingerprint density at radius 1 is 1.18 bits per heavy atom. The summed E-state index contributed by atoms with van der Waals surface area (Å²) in [5.74, 6) is 0. The number of halogens is 3. The molecule has 4 N–H and O–H groups in total. The molecule has 0 saturated carbocycles. The van der Waals surface area contributed by atoms with E-state index in [4.69, 9.17) is 39.9 Å². The SMILES string of the molecule is CC(C)(NCO)C(O)(C(Cc1ccccc1)=NO)C(Cl)(Cl)Cl. The Kier molecular flexibility index (Phi) is 6.50. The van der Waals surface area contributed by atoms with Crippen molar-refractivity contribution in [3.05, 3.63) is 35.9 Å². The molecule has 0 aliphatic rings. The highest BCUT2D eigenvalue weighted by atomic mass is 35.6. The summed E-state index contributed by atoms with van der Waals surface area (Å²) in [6, 6.07) is 9.01. The highest BCUT2D eigenvalue weighted by molar-refractivity contribution is 6.69. The highest BCUT2D eigenvalue weighted by Crippen LogP contribution is 2.46. The second-order valence-electron chi connectivity index (χ2n) is 5.38. The van der Waals surface area contributed by atoms with Gasteiger partial charge in [-0.25, -0.2) is 0 Å². The molecule has 1 atom stereocenters. The van der Waals surface area contributed by atoms with Crippen molar-refractivity contribution < 1.29 is 15.4 Å². The van der Waals surface area contributed by atoms with Gasteiger partial charge in [-0.05, 0) is 19.4 Å². The van der Waals surface area contributed by atoms with Gasteiger partial charge < -0.3 is 15.4 Å². The van der Waals surface area contributed by atoms with Gasteiger partial charge in [-0.15, -0.1) is 0 Å². The number of oxime groups is 1. The van der Waals surface area contributed by atoms with E-state index < -0.39 is 21.7 Å². The zero-order chi connectivity index (χ0) is 17.0. The van der Waals surface area contributed by atoms with Crippen LogP contribution in [0.2, 0.25) is 0 Å². The molecule has 0 amide bonds. The Balaban J connectivity index is 3.31. The average molecular weight is 370 g/mol. The molecule has 0 fully saturated rings. The fourth-order valence-electron chi connectivity index (χ4n) is 2.23. The largest absolute Gasteiger partial charge is 0.411 e. The van der Waals surface area contributed by atoms with E-state index in [9.17, 15) is 10.3 Å². The van der Waals surface area contributed by atoms with Crippen molar-refractivity contribution in [1.29, 1.82) is 0 Å². The van der Waals surface area contributed by atoms with Crippen molar-refractivity contribution in [3.8, 4) is 0 Å². The summed E-state index contributed by atoms with van der Waals surface area (Å²) >= 11 is 17.9. The number of aliphatic hydroxyl groups excluding tert-OH is 1. The van der Waals surface area contributed by atoms with Crippen LogP contribution in [0.4, 0.5) is 0 Å². The molecule has 0 bridgehead atoms. The van der Waals surface area contributed by atoms with E-state index in [-0.39, 0.29) is 12.1 Å². The summed E-state index contributed by atoms with van der Waals surface area (Å²) < 4.78 is -2.20. The minimum Gasteiger partial charge on any atom is -0.411 e. The third-order valence-corrected chi connectivity index (χ3v) is 4.41. The molecule has 0 saturated heterocycles. The molecule has 8 heteroatoms. The molecule has 1 aromatic carbocycles. The summed E-state index contributed by atoms with van der Waals surface area (Å²) in [5.41, 5.74) is -2.83. The number of alkyl halides is 3. The molecule has 0 aliphatic carbocycles. The van der Waals surface area contributed by atoms with Gasteiger partial charge in [0.1, 0.15) is 0 Å². The van der Waals surface area contributed by atoms with Gasteiger partial charge >= 0.3 is 0 Å². The van der Waals surface area contributed by atoms with Crippen LogP contribution in [0.5, 0.6) is 0 Å². The van der Waals surface area contributed by atoms with E-state index in [2.05, 4.69) is 10.5 Å². The Morgan fingerprint density at radius 3 is 2.14 bits per heavy atom. The van der Waals surface area contributed by atoms with Crippen molar-refractivity contribution in [3.63, 3.8) is 0 Å². The van der Waals surface area contributed by atoms with Gasteiger partial charge in [-0.1, -0.05) is 70.3 Å². The maximum Gasteiger partial charge on any atom is 0.226 e. The van der Waals surface area contributed by atoms with Crippen molar-refractivity contribution >= 4 is 40.5 Å². The number of aliphatic hydroxyl groups is 2. The van der Waals surface area contributed by atoms with Crippen LogP contribution in [-0.2, 0) is 6.42 Å². The smallest absolute Gasteiger partial charge is 0.226 e. The van der Waals surface area contributed by atoms with Crippen LogP contribution in [0.1, 0.15) is 19.4 Å². The lowest BCUT2D eigenvalue weighted by Crippen LogP contribution is -2.70. The molecule has 22 heavy (non-hydrogen) atoms. The van der Waals surface area contributed by atoms with Gasteiger partial charge in [-0.2, -0.15) is 0 Å². The minimum absolute atomic E-state index is 0.0677. The Morgan fingerprint density at radius 2 is 1.73 bits per heavy atom. The number of nitrogens with one attached hydrogen (secondary N) is 1. The summed E-state index contributed by atoms with van der Waals surface area (Å²) in [7, 11) is 0. The molecule has 1 aromatic rings. The highest BCUT2D eigenvalue weighted by Gasteiger charge is 2.60. The maximum absolute atomic E-state index is 11.1. The number of rotatable bonds is 6. The zero-order valence-corrected chi connectivity index (χ0v) is 14.5. The van der Waals surface area contributed by atoms with E-state index in [1.807, 2.05) is 6.07 Å². The van der Waals surface area contributed by atoms with Gasteiger partial charge in [-0.3, -0.25) is 5.32 Å². The number of nitrogens with zero attached hydrogens (tertiary/aromatic N) is 1. The molecular formula is C14H19Cl3N2O3.